The number of nitrogens with one attached hydrogen (secondary N) is 1. The molecule has 2 rings (SSSR count). The number of nitrogens with zero attached hydrogens (tertiary/aromatic N) is 1. The van der Waals surface area contributed by atoms with E-state index in [1.807, 2.05) is 0 Å². The van der Waals surface area contributed by atoms with E-state index in [-0.39, 0.29) is 0 Å². The minimum atomic E-state index is 0.876. The molecule has 0 saturated heterocycles. The lowest BCUT2D eigenvalue weighted by Gasteiger charge is -2.29. The summed E-state index contributed by atoms with van der Waals surface area (Å²) in [5.41, 5.74) is 2.67. The summed E-state index contributed by atoms with van der Waals surface area (Å²) in [5.74, 6) is 0.876. The van der Waals surface area contributed by atoms with Gasteiger partial charge in [-0.15, -0.1) is 0 Å². The van der Waals surface area contributed by atoms with Gasteiger partial charge in [0.2, 0.25) is 0 Å². The van der Waals surface area contributed by atoms with E-state index in [0.717, 1.165) is 19.0 Å². The van der Waals surface area contributed by atoms with E-state index in [1.165, 1.54) is 60.8 Å². The maximum Gasteiger partial charge on any atom is 0.0508 e. The summed E-state index contributed by atoms with van der Waals surface area (Å²) in [7, 11) is 2.23. The van der Waals surface area contributed by atoms with Gasteiger partial charge in [0.1, 0.15) is 0 Å². The molecule has 0 heterocycles. The van der Waals surface area contributed by atoms with Gasteiger partial charge in [-0.3, -0.25) is 0 Å². The zero-order valence-corrected chi connectivity index (χ0v) is 15.1. The first-order valence-electron chi connectivity index (χ1n) is 8.41. The molecule has 1 aliphatic rings. The highest BCUT2D eigenvalue weighted by atomic mass is 79.9. The van der Waals surface area contributed by atoms with Crippen LogP contribution in [0.15, 0.2) is 22.7 Å². The molecule has 3 heteroatoms. The second-order valence-electron chi connectivity index (χ2n) is 6.35. The average Bonchev–Trinajstić information content (AvgIpc) is 2.48. The van der Waals surface area contributed by atoms with E-state index in [9.17, 15) is 0 Å². The molecule has 1 saturated carbocycles. The predicted molar refractivity (Wildman–Crippen MR) is 96.0 cm³/mol. The van der Waals surface area contributed by atoms with Gasteiger partial charge in [-0.25, -0.2) is 0 Å². The maximum absolute atomic E-state index is 3.75. The van der Waals surface area contributed by atoms with Crippen LogP contribution in [0.25, 0.3) is 0 Å². The molecular weight excluding hydrogens is 324 g/mol. The van der Waals surface area contributed by atoms with E-state index < -0.39 is 0 Å². The van der Waals surface area contributed by atoms with Crippen molar-refractivity contribution in [1.29, 1.82) is 0 Å². The lowest BCUT2D eigenvalue weighted by Crippen LogP contribution is -2.27. The SMILES string of the molecule is CCCNCc1ccc(N(C)CC2CCCCC2)c(Br)c1. The average molecular weight is 353 g/mol. The zero-order valence-electron chi connectivity index (χ0n) is 13.5. The number of rotatable bonds is 7. The molecule has 0 atom stereocenters. The second kappa shape index (κ2) is 8.79. The van der Waals surface area contributed by atoms with Crippen LogP contribution in [0.5, 0.6) is 0 Å². The van der Waals surface area contributed by atoms with Crippen LogP contribution in [0.1, 0.15) is 51.0 Å². The molecule has 0 unspecified atom stereocenters. The largest absolute Gasteiger partial charge is 0.373 e. The van der Waals surface area contributed by atoms with Crippen LogP contribution in [-0.2, 0) is 6.54 Å². The van der Waals surface area contributed by atoms with Gasteiger partial charge in [0.25, 0.3) is 0 Å². The molecule has 0 amide bonds. The first-order chi connectivity index (χ1) is 10.2. The molecule has 0 aromatic heterocycles. The zero-order chi connectivity index (χ0) is 15.1. The van der Waals surface area contributed by atoms with Crippen LogP contribution in [0.3, 0.4) is 0 Å². The summed E-state index contributed by atoms with van der Waals surface area (Å²) in [6.45, 7) is 5.43. The number of hydrogen-bond acceptors (Lipinski definition) is 2. The minimum absolute atomic E-state index is 0.876. The summed E-state index contributed by atoms with van der Waals surface area (Å²) in [6.07, 6.45) is 8.26. The second-order valence-corrected chi connectivity index (χ2v) is 7.20. The van der Waals surface area contributed by atoms with Gasteiger partial charge in [-0.1, -0.05) is 32.3 Å². The quantitative estimate of drug-likeness (QED) is 0.697. The van der Waals surface area contributed by atoms with Crippen molar-refractivity contribution in [2.45, 2.75) is 52.0 Å². The van der Waals surface area contributed by atoms with Gasteiger partial charge < -0.3 is 10.2 Å². The van der Waals surface area contributed by atoms with Crippen LogP contribution >= 0.6 is 15.9 Å². The Kier molecular flexibility index (Phi) is 7.05. The van der Waals surface area contributed by atoms with Gasteiger partial charge in [0, 0.05) is 24.6 Å². The molecule has 1 aliphatic carbocycles. The molecule has 1 fully saturated rings. The van der Waals surface area contributed by atoms with Crippen LogP contribution in [0.4, 0.5) is 5.69 Å². The summed E-state index contributed by atoms with van der Waals surface area (Å²) >= 11 is 3.75. The third kappa shape index (κ3) is 5.30. The highest BCUT2D eigenvalue weighted by Crippen LogP contribution is 2.30. The minimum Gasteiger partial charge on any atom is -0.373 e. The Balaban J connectivity index is 1.92. The molecule has 0 aliphatic heterocycles. The Bertz CT molecular complexity index is 427. The molecule has 1 N–H and O–H groups in total. The highest BCUT2D eigenvalue weighted by molar-refractivity contribution is 9.10. The fraction of sp³-hybridized carbons (Fsp3) is 0.667. The van der Waals surface area contributed by atoms with Gasteiger partial charge in [-0.2, -0.15) is 0 Å². The molecule has 0 bridgehead atoms. The Labute approximate surface area is 138 Å². The Morgan fingerprint density at radius 1 is 1.24 bits per heavy atom. The summed E-state index contributed by atoms with van der Waals surface area (Å²) in [6, 6.07) is 6.77. The Morgan fingerprint density at radius 2 is 2.00 bits per heavy atom. The van der Waals surface area contributed by atoms with Crippen molar-refractivity contribution in [3.05, 3.63) is 28.2 Å². The van der Waals surface area contributed by atoms with Crippen LogP contribution < -0.4 is 10.2 Å². The first-order valence-corrected chi connectivity index (χ1v) is 9.20. The van der Waals surface area contributed by atoms with E-state index >= 15 is 0 Å². The van der Waals surface area contributed by atoms with Crippen molar-refractivity contribution in [2.24, 2.45) is 5.92 Å². The third-order valence-electron chi connectivity index (χ3n) is 4.44. The van der Waals surface area contributed by atoms with E-state index in [0.29, 0.717) is 0 Å². The van der Waals surface area contributed by atoms with E-state index in [1.54, 1.807) is 0 Å². The lowest BCUT2D eigenvalue weighted by molar-refractivity contribution is 0.362. The normalized spacial score (nSPS) is 16.1. The molecule has 21 heavy (non-hydrogen) atoms. The van der Waals surface area contributed by atoms with Gasteiger partial charge in [0.15, 0.2) is 0 Å². The predicted octanol–water partition coefficient (Wildman–Crippen LogP) is 4.97. The number of benzene rings is 1. The number of hydrogen-bond donors (Lipinski definition) is 1. The van der Waals surface area contributed by atoms with Gasteiger partial charge >= 0.3 is 0 Å². The molecule has 0 radical (unpaired) electrons. The van der Waals surface area contributed by atoms with Crippen LogP contribution in [-0.4, -0.2) is 20.1 Å². The standard InChI is InChI=1S/C18H29BrN2/c1-3-11-20-13-16-9-10-18(17(19)12-16)21(2)14-15-7-5-4-6-8-15/h9-10,12,15,20H,3-8,11,13-14H2,1-2H3. The summed E-state index contributed by atoms with van der Waals surface area (Å²) in [4.78, 5) is 2.42. The molecule has 1 aromatic rings. The monoisotopic (exact) mass is 352 g/mol. The van der Waals surface area contributed by atoms with E-state index in [2.05, 4.69) is 58.3 Å². The Morgan fingerprint density at radius 3 is 2.67 bits per heavy atom. The van der Waals surface area contributed by atoms with Crippen molar-refractivity contribution >= 4 is 21.6 Å². The van der Waals surface area contributed by atoms with Crippen molar-refractivity contribution in [2.75, 3.05) is 25.0 Å². The summed E-state index contributed by atoms with van der Waals surface area (Å²) in [5, 5.41) is 3.46. The van der Waals surface area contributed by atoms with Crippen molar-refractivity contribution < 1.29 is 0 Å². The fourth-order valence-electron chi connectivity index (χ4n) is 3.23. The smallest absolute Gasteiger partial charge is 0.0508 e. The molecule has 1 aromatic carbocycles. The fourth-order valence-corrected chi connectivity index (χ4v) is 3.96. The molecule has 0 spiro atoms. The topological polar surface area (TPSA) is 15.3 Å². The maximum atomic E-state index is 3.75. The third-order valence-corrected chi connectivity index (χ3v) is 5.07. The van der Waals surface area contributed by atoms with Crippen LogP contribution in [0, 0.1) is 5.92 Å². The van der Waals surface area contributed by atoms with Gasteiger partial charge in [-0.05, 0) is 65.4 Å². The van der Waals surface area contributed by atoms with Crippen molar-refractivity contribution in [3.8, 4) is 0 Å². The van der Waals surface area contributed by atoms with E-state index in [4.69, 9.17) is 0 Å². The van der Waals surface area contributed by atoms with Crippen molar-refractivity contribution in [3.63, 3.8) is 0 Å². The van der Waals surface area contributed by atoms with Crippen molar-refractivity contribution in [1.82, 2.24) is 5.32 Å². The highest BCUT2D eigenvalue weighted by Gasteiger charge is 2.16. The molecule has 118 valence electrons. The summed E-state index contributed by atoms with van der Waals surface area (Å²) < 4.78 is 1.22. The van der Waals surface area contributed by atoms with Gasteiger partial charge in [0.05, 0.1) is 5.69 Å². The number of halogens is 1. The first kappa shape index (κ1) is 16.8. The number of anilines is 1. The van der Waals surface area contributed by atoms with Crippen LogP contribution in [0.2, 0.25) is 0 Å². The molecular formula is C18H29BrN2. The Hall–Kier alpha value is -0.540. The molecule has 2 nitrogen and oxygen atoms in total. The lowest BCUT2D eigenvalue weighted by atomic mass is 9.89.